The number of fused-ring (bicyclic) bond motifs is 1. The molecule has 3 nitrogen and oxygen atoms in total. The molecule has 4 heteroatoms. The van der Waals surface area contributed by atoms with Gasteiger partial charge in [0.2, 0.25) is 0 Å². The van der Waals surface area contributed by atoms with Crippen molar-refractivity contribution < 1.29 is 14.0 Å². The molecule has 0 saturated heterocycles. The molecule has 0 unspecified atom stereocenters. The topological polar surface area (TPSA) is 43.4 Å². The highest BCUT2D eigenvalue weighted by atomic mass is 28.4. The van der Waals surface area contributed by atoms with Crippen LogP contribution in [0.3, 0.4) is 0 Å². The minimum atomic E-state index is -1.81. The number of carbonyl (C=O) groups excluding carboxylic acids is 2. The van der Waals surface area contributed by atoms with Gasteiger partial charge in [0.15, 0.2) is 8.32 Å². The number of carbonyl (C=O) groups is 2. The second-order valence-corrected chi connectivity index (χ2v) is 14.6. The molecule has 2 aliphatic rings. The molecule has 2 fully saturated rings. The van der Waals surface area contributed by atoms with Crippen molar-refractivity contribution >= 4 is 19.9 Å². The van der Waals surface area contributed by atoms with Gasteiger partial charge in [-0.1, -0.05) is 27.7 Å². The van der Waals surface area contributed by atoms with E-state index < -0.39 is 8.32 Å². The molecule has 0 spiro atoms. The molecule has 0 heterocycles. The first-order valence-electron chi connectivity index (χ1n) is 9.58. The van der Waals surface area contributed by atoms with E-state index in [-0.39, 0.29) is 28.3 Å². The highest BCUT2D eigenvalue weighted by Crippen LogP contribution is 2.56. The van der Waals surface area contributed by atoms with Crippen LogP contribution in [0.15, 0.2) is 0 Å². The third kappa shape index (κ3) is 3.69. The maximum Gasteiger partial charge on any atom is 0.192 e. The van der Waals surface area contributed by atoms with Gasteiger partial charge >= 0.3 is 0 Å². The van der Waals surface area contributed by atoms with E-state index in [1.54, 1.807) is 6.92 Å². The van der Waals surface area contributed by atoms with Crippen molar-refractivity contribution in [3.05, 3.63) is 0 Å². The van der Waals surface area contributed by atoms with E-state index in [0.717, 1.165) is 25.7 Å². The van der Waals surface area contributed by atoms with Crippen LogP contribution in [0.5, 0.6) is 0 Å². The molecule has 0 aromatic carbocycles. The lowest BCUT2D eigenvalue weighted by Crippen LogP contribution is -2.50. The fraction of sp³-hybridized carbons (Fsp3) is 0.900. The SMILES string of the molecule is CC(=O)CC[C@@H]1C(=O)CC[C@]2(C)[C@@H](O[Si](C)(C)C(C)(C)C)CC[C@@H]12. The molecule has 0 bridgehead atoms. The normalized spacial score (nSPS) is 34.3. The summed E-state index contributed by atoms with van der Waals surface area (Å²) in [7, 11) is -1.81. The molecule has 0 aromatic rings. The Bertz CT molecular complexity index is 506. The molecular formula is C20H36O3Si. The molecule has 2 saturated carbocycles. The van der Waals surface area contributed by atoms with E-state index >= 15 is 0 Å². The standard InChI is InChI=1S/C20H36O3Si/c1-14(21)8-9-15-16-10-11-18(20(16,5)13-12-17(15)22)23-24(6,7)19(2,3)4/h15-16,18H,8-13H2,1-7H3/t15-,16-,18-,20-/m0/s1. The van der Waals surface area contributed by atoms with Crippen molar-refractivity contribution in [2.75, 3.05) is 0 Å². The lowest BCUT2D eigenvalue weighted by atomic mass is 9.62. The Hall–Kier alpha value is -0.483. The third-order valence-electron chi connectivity index (χ3n) is 7.18. The van der Waals surface area contributed by atoms with E-state index in [9.17, 15) is 9.59 Å². The zero-order valence-corrected chi connectivity index (χ0v) is 17.7. The second kappa shape index (κ2) is 6.68. The van der Waals surface area contributed by atoms with Crippen LogP contribution in [-0.2, 0) is 14.0 Å². The first kappa shape index (κ1) is 19.8. The molecule has 0 aliphatic heterocycles. The maximum atomic E-state index is 12.5. The number of Topliss-reactive ketones (excluding diaryl/α,β-unsaturated/α-hetero) is 2. The average Bonchev–Trinajstić information content (AvgIpc) is 2.74. The number of rotatable bonds is 5. The first-order valence-corrected chi connectivity index (χ1v) is 12.5. The van der Waals surface area contributed by atoms with Crippen molar-refractivity contribution in [1.82, 2.24) is 0 Å². The highest BCUT2D eigenvalue weighted by molar-refractivity contribution is 6.74. The molecule has 4 atom stereocenters. The van der Waals surface area contributed by atoms with Crippen molar-refractivity contribution in [3.8, 4) is 0 Å². The lowest BCUT2D eigenvalue weighted by molar-refractivity contribution is -0.133. The number of ketones is 2. The average molecular weight is 353 g/mol. The molecule has 2 aliphatic carbocycles. The molecule has 138 valence electrons. The van der Waals surface area contributed by atoms with Crippen molar-refractivity contribution in [2.24, 2.45) is 17.3 Å². The van der Waals surface area contributed by atoms with Crippen molar-refractivity contribution in [3.63, 3.8) is 0 Å². The van der Waals surface area contributed by atoms with Gasteiger partial charge in [0, 0.05) is 18.8 Å². The summed E-state index contributed by atoms with van der Waals surface area (Å²) < 4.78 is 6.81. The molecule has 24 heavy (non-hydrogen) atoms. The minimum absolute atomic E-state index is 0.0701. The van der Waals surface area contributed by atoms with Gasteiger partial charge in [-0.25, -0.2) is 0 Å². The molecule has 0 aromatic heterocycles. The van der Waals surface area contributed by atoms with Gasteiger partial charge in [0.1, 0.15) is 11.6 Å². The summed E-state index contributed by atoms with van der Waals surface area (Å²) in [6, 6.07) is 0. The number of hydrogen-bond donors (Lipinski definition) is 0. The molecule has 0 amide bonds. The zero-order chi connectivity index (χ0) is 18.3. The lowest BCUT2D eigenvalue weighted by Gasteiger charge is -2.47. The summed E-state index contributed by atoms with van der Waals surface area (Å²) in [5.41, 5.74) is 0.102. The Kier molecular flexibility index (Phi) is 5.52. The fourth-order valence-electron chi connectivity index (χ4n) is 4.49. The van der Waals surface area contributed by atoms with Gasteiger partial charge < -0.3 is 9.22 Å². The van der Waals surface area contributed by atoms with Crippen LogP contribution in [0.25, 0.3) is 0 Å². The van der Waals surface area contributed by atoms with Crippen LogP contribution < -0.4 is 0 Å². The van der Waals surface area contributed by atoms with Crippen LogP contribution in [0.4, 0.5) is 0 Å². The Morgan fingerprint density at radius 3 is 2.46 bits per heavy atom. The van der Waals surface area contributed by atoms with Crippen molar-refractivity contribution in [1.29, 1.82) is 0 Å². The summed E-state index contributed by atoms with van der Waals surface area (Å²) in [5, 5.41) is 0.208. The predicted molar refractivity (Wildman–Crippen MR) is 101 cm³/mol. The van der Waals surface area contributed by atoms with Gasteiger partial charge in [-0.15, -0.1) is 0 Å². The quantitative estimate of drug-likeness (QED) is 0.643. The molecular weight excluding hydrogens is 316 g/mol. The van der Waals surface area contributed by atoms with Gasteiger partial charge in [-0.05, 0) is 62.1 Å². The van der Waals surface area contributed by atoms with E-state index in [2.05, 4.69) is 40.8 Å². The van der Waals surface area contributed by atoms with Crippen LogP contribution >= 0.6 is 0 Å². The summed E-state index contributed by atoms with van der Waals surface area (Å²) in [4.78, 5) is 23.9. The van der Waals surface area contributed by atoms with E-state index in [1.165, 1.54) is 0 Å². The second-order valence-electron chi connectivity index (χ2n) is 9.87. The van der Waals surface area contributed by atoms with E-state index in [4.69, 9.17) is 4.43 Å². The highest BCUT2D eigenvalue weighted by Gasteiger charge is 2.55. The summed E-state index contributed by atoms with van der Waals surface area (Å²) in [6.07, 6.45) is 5.30. The smallest absolute Gasteiger partial charge is 0.192 e. The third-order valence-corrected chi connectivity index (χ3v) is 11.7. The van der Waals surface area contributed by atoms with Gasteiger partial charge in [0.25, 0.3) is 0 Å². The maximum absolute atomic E-state index is 12.5. The molecule has 2 rings (SSSR count). The van der Waals surface area contributed by atoms with Gasteiger partial charge in [0.05, 0.1) is 6.10 Å². The fourth-order valence-corrected chi connectivity index (χ4v) is 5.94. The Morgan fingerprint density at radius 2 is 1.92 bits per heavy atom. The number of hydrogen-bond acceptors (Lipinski definition) is 3. The zero-order valence-electron chi connectivity index (χ0n) is 16.7. The molecule has 0 radical (unpaired) electrons. The van der Waals surface area contributed by atoms with Crippen LogP contribution in [0.1, 0.15) is 73.1 Å². The van der Waals surface area contributed by atoms with Crippen LogP contribution in [0, 0.1) is 17.3 Å². The first-order chi connectivity index (χ1) is 10.9. The van der Waals surface area contributed by atoms with Crippen LogP contribution in [0.2, 0.25) is 18.1 Å². The Morgan fingerprint density at radius 1 is 1.29 bits per heavy atom. The summed E-state index contributed by atoms with van der Waals surface area (Å²) >= 11 is 0. The summed E-state index contributed by atoms with van der Waals surface area (Å²) in [6.45, 7) is 15.5. The Balaban J connectivity index is 2.17. The molecule has 0 N–H and O–H groups in total. The van der Waals surface area contributed by atoms with Gasteiger partial charge in [-0.3, -0.25) is 4.79 Å². The van der Waals surface area contributed by atoms with E-state index in [0.29, 0.717) is 24.5 Å². The predicted octanol–water partition coefficient (Wildman–Crippen LogP) is 5.14. The van der Waals surface area contributed by atoms with Gasteiger partial charge in [-0.2, -0.15) is 0 Å². The van der Waals surface area contributed by atoms with E-state index in [1.807, 2.05) is 0 Å². The monoisotopic (exact) mass is 352 g/mol. The largest absolute Gasteiger partial charge is 0.413 e. The minimum Gasteiger partial charge on any atom is -0.413 e. The summed E-state index contributed by atoms with van der Waals surface area (Å²) in [5.74, 6) is 1.04. The van der Waals surface area contributed by atoms with Crippen LogP contribution in [-0.4, -0.2) is 26.0 Å². The Labute approximate surface area is 149 Å². The van der Waals surface area contributed by atoms with Crippen molar-refractivity contribution in [2.45, 2.75) is 97.4 Å².